The van der Waals surface area contributed by atoms with Crippen LogP contribution in [0.5, 0.6) is 0 Å². The number of imide groups is 1. The Balaban J connectivity index is 1.60. The SMILES string of the molecule is CC[C@H](C)[C@@H]([C@@H](CC(=O)N1CCC[C@H]1[C@H](OC)[C@@H](C)C(=O)C[C@@H](Cc1ccccc1)C(=O)O)OC)N(C)C(=O)[C@@H](CC(=O)[C@H](C(C)C)N(C)CCCC(=O)CNC(=O)CCCCCN1C(=O)C=CC1=O)C(C)C. The number of methoxy groups -OCH3 is 2. The first-order valence-electron chi connectivity index (χ1n) is 26.5. The molecule has 17 nitrogen and oxygen atoms in total. The van der Waals surface area contributed by atoms with E-state index in [1.54, 1.807) is 23.8 Å². The summed E-state index contributed by atoms with van der Waals surface area (Å²) < 4.78 is 12.0. The Morgan fingerprint density at radius 3 is 2.04 bits per heavy atom. The van der Waals surface area contributed by atoms with Crippen molar-refractivity contribution in [3.8, 4) is 0 Å². The van der Waals surface area contributed by atoms with Crippen LogP contribution in [0.4, 0.5) is 0 Å². The van der Waals surface area contributed by atoms with E-state index in [-0.39, 0.29) is 110 Å². The number of carboxylic acids is 1. The van der Waals surface area contributed by atoms with Gasteiger partial charge in [-0.05, 0) is 75.4 Å². The minimum atomic E-state index is -1.05. The third-order valence-corrected chi connectivity index (χ3v) is 15.1. The first-order chi connectivity index (χ1) is 34.6. The summed E-state index contributed by atoms with van der Waals surface area (Å²) in [6, 6.07) is 7.74. The first-order valence-corrected chi connectivity index (χ1v) is 26.5. The van der Waals surface area contributed by atoms with E-state index in [0.717, 1.165) is 5.56 Å². The number of amides is 5. The van der Waals surface area contributed by atoms with E-state index in [1.807, 2.05) is 83.8 Å². The van der Waals surface area contributed by atoms with E-state index in [2.05, 4.69) is 5.32 Å². The van der Waals surface area contributed by atoms with Gasteiger partial charge in [0.05, 0.1) is 49.2 Å². The van der Waals surface area contributed by atoms with Gasteiger partial charge in [0.2, 0.25) is 17.7 Å². The quantitative estimate of drug-likeness (QED) is 0.0595. The number of nitrogens with zero attached hydrogens (tertiary/aromatic N) is 4. The number of carbonyl (C=O) groups is 9. The molecule has 1 aromatic carbocycles. The van der Waals surface area contributed by atoms with Crippen molar-refractivity contribution in [3.05, 3.63) is 48.0 Å². The molecule has 0 unspecified atom stereocenters. The summed E-state index contributed by atoms with van der Waals surface area (Å²) in [5.41, 5.74) is 0.828. The van der Waals surface area contributed by atoms with Gasteiger partial charge in [-0.15, -0.1) is 0 Å². The van der Waals surface area contributed by atoms with Gasteiger partial charge < -0.3 is 29.7 Å². The van der Waals surface area contributed by atoms with Crippen LogP contribution in [0, 0.1) is 35.5 Å². The summed E-state index contributed by atoms with van der Waals surface area (Å²) in [7, 11) is 6.61. The summed E-state index contributed by atoms with van der Waals surface area (Å²) in [5.74, 6) is -5.44. The maximum atomic E-state index is 14.7. The zero-order valence-electron chi connectivity index (χ0n) is 45.6. The van der Waals surface area contributed by atoms with E-state index < -0.39 is 54.1 Å². The molecule has 2 N–H and O–H groups in total. The Morgan fingerprint density at radius 1 is 0.808 bits per heavy atom. The monoisotopic (exact) mass is 1020 g/mol. The highest BCUT2D eigenvalue weighted by Crippen LogP contribution is 2.32. The van der Waals surface area contributed by atoms with E-state index >= 15 is 0 Å². The lowest BCUT2D eigenvalue weighted by atomic mass is 9.83. The van der Waals surface area contributed by atoms with E-state index in [4.69, 9.17) is 9.47 Å². The third-order valence-electron chi connectivity index (χ3n) is 15.1. The van der Waals surface area contributed by atoms with Gasteiger partial charge in [0.15, 0.2) is 11.6 Å². The van der Waals surface area contributed by atoms with Crippen molar-refractivity contribution in [2.24, 2.45) is 35.5 Å². The molecular weight excluding hydrogens is 935 g/mol. The van der Waals surface area contributed by atoms with Crippen LogP contribution in [0.15, 0.2) is 42.5 Å². The Kier molecular flexibility index (Phi) is 26.3. The second-order valence-corrected chi connectivity index (χ2v) is 21.1. The lowest BCUT2D eigenvalue weighted by Crippen LogP contribution is -2.54. The van der Waals surface area contributed by atoms with Crippen LogP contribution in [-0.4, -0.2) is 162 Å². The van der Waals surface area contributed by atoms with Gasteiger partial charge in [0.1, 0.15) is 5.78 Å². The number of ether oxygens (including phenoxy) is 2. The number of carbonyl (C=O) groups excluding carboxylic acids is 8. The van der Waals surface area contributed by atoms with Gasteiger partial charge in [0, 0.05) is 84.0 Å². The summed E-state index contributed by atoms with van der Waals surface area (Å²) in [5, 5.41) is 12.7. The van der Waals surface area contributed by atoms with Crippen molar-refractivity contribution in [1.29, 1.82) is 0 Å². The van der Waals surface area contributed by atoms with E-state index in [1.165, 1.54) is 31.3 Å². The molecule has 1 saturated heterocycles. The lowest BCUT2D eigenvalue weighted by Gasteiger charge is -2.41. The van der Waals surface area contributed by atoms with Crippen LogP contribution in [-0.2, 0) is 59.0 Å². The molecule has 1 aromatic rings. The highest BCUT2D eigenvalue weighted by molar-refractivity contribution is 6.12. The number of unbranched alkanes of at least 4 members (excludes halogenated alkanes) is 2. The second-order valence-electron chi connectivity index (χ2n) is 21.1. The largest absolute Gasteiger partial charge is 0.481 e. The number of hydrogen-bond acceptors (Lipinski definition) is 12. The smallest absolute Gasteiger partial charge is 0.307 e. The molecule has 0 aliphatic carbocycles. The van der Waals surface area contributed by atoms with Gasteiger partial charge in [-0.3, -0.25) is 53.0 Å². The van der Waals surface area contributed by atoms with Crippen molar-refractivity contribution in [2.75, 3.05) is 54.5 Å². The van der Waals surface area contributed by atoms with Gasteiger partial charge in [0.25, 0.3) is 11.8 Å². The number of nitrogens with one attached hydrogen (secondary N) is 1. The fraction of sp³-hybridized carbons (Fsp3) is 0.696. The molecule has 17 heteroatoms. The van der Waals surface area contributed by atoms with Crippen LogP contribution in [0.25, 0.3) is 0 Å². The number of likely N-dealkylation sites (tertiary alicyclic amines) is 1. The normalized spacial score (nSPS) is 18.1. The lowest BCUT2D eigenvalue weighted by molar-refractivity contribution is -0.149. The van der Waals surface area contributed by atoms with Crippen molar-refractivity contribution in [2.45, 2.75) is 162 Å². The average Bonchev–Trinajstić information content (AvgIpc) is 3.97. The number of rotatable bonds is 35. The molecule has 0 bridgehead atoms. The minimum Gasteiger partial charge on any atom is -0.481 e. The Labute approximate surface area is 434 Å². The third kappa shape index (κ3) is 18.6. The highest BCUT2D eigenvalue weighted by atomic mass is 16.5. The summed E-state index contributed by atoms with van der Waals surface area (Å²) in [4.78, 5) is 124. The fourth-order valence-electron chi connectivity index (χ4n) is 10.7. The second kappa shape index (κ2) is 30.9. The highest BCUT2D eigenvalue weighted by Gasteiger charge is 2.44. The standard InChI is InChI=1S/C56H87N5O12/c1-12-38(6)53(47(72-10)34-51(68)60-30-20-24-44(60)54(73-11)39(7)45(63)32-41(56(70)71)31-40-21-15-13-16-22-40)59(9)55(69)43(36(2)3)33-46(64)52(37(4)5)58(8)28-19-23-42(62)35-57-48(65)25-17-14-18-29-61-49(66)26-27-50(61)67/h13,15-16,21-22,26-27,36-39,41,43-44,47,52-54H,12,14,17-20,23-25,28-35H2,1-11H3,(H,57,65)(H,70,71)/t38-,39-,41+,43-,44-,47+,52-,53-,54+/m0/s1. The Hall–Kier alpha value is -5.13. The van der Waals surface area contributed by atoms with Gasteiger partial charge >= 0.3 is 5.97 Å². The van der Waals surface area contributed by atoms with Crippen molar-refractivity contribution < 1.29 is 57.7 Å². The van der Waals surface area contributed by atoms with Gasteiger partial charge in [-0.25, -0.2) is 0 Å². The molecule has 0 saturated carbocycles. The number of aliphatic carboxylic acids is 1. The van der Waals surface area contributed by atoms with Crippen LogP contribution in [0.2, 0.25) is 0 Å². The number of carboxylic acid groups (broad SMARTS) is 1. The number of likely N-dealkylation sites (N-methyl/N-ethyl adjacent to an activating group) is 2. The zero-order valence-corrected chi connectivity index (χ0v) is 45.6. The maximum Gasteiger partial charge on any atom is 0.307 e. The van der Waals surface area contributed by atoms with Crippen molar-refractivity contribution in [1.82, 2.24) is 24.9 Å². The fourth-order valence-corrected chi connectivity index (χ4v) is 10.7. The topological polar surface area (TPSA) is 217 Å². The molecule has 3 rings (SSSR count). The van der Waals surface area contributed by atoms with Crippen LogP contribution < -0.4 is 5.32 Å². The van der Waals surface area contributed by atoms with Crippen LogP contribution in [0.3, 0.4) is 0 Å². The molecule has 73 heavy (non-hydrogen) atoms. The molecule has 2 heterocycles. The van der Waals surface area contributed by atoms with Crippen molar-refractivity contribution in [3.63, 3.8) is 0 Å². The number of Topliss-reactive ketones (excluding diaryl/α,β-unsaturated/α-hetero) is 3. The van der Waals surface area contributed by atoms with Crippen LogP contribution >= 0.6 is 0 Å². The molecule has 2 aliphatic rings. The summed E-state index contributed by atoms with van der Waals surface area (Å²) >= 11 is 0. The minimum absolute atomic E-state index is 0.00125. The number of ketones is 3. The van der Waals surface area contributed by atoms with Crippen LogP contribution in [0.1, 0.15) is 131 Å². The maximum absolute atomic E-state index is 14.7. The molecule has 0 spiro atoms. The average molecular weight is 1020 g/mol. The zero-order chi connectivity index (χ0) is 54.5. The molecule has 1 fully saturated rings. The summed E-state index contributed by atoms with van der Waals surface area (Å²) in [6.07, 6.45) is 5.83. The van der Waals surface area contributed by atoms with Crippen molar-refractivity contribution >= 4 is 52.9 Å². The van der Waals surface area contributed by atoms with E-state index in [9.17, 15) is 48.3 Å². The van der Waals surface area contributed by atoms with Gasteiger partial charge in [-0.1, -0.05) is 91.6 Å². The molecular formula is C56H87N5O12. The molecule has 9 atom stereocenters. The molecule has 2 aliphatic heterocycles. The van der Waals surface area contributed by atoms with E-state index in [0.29, 0.717) is 64.6 Å². The number of benzene rings is 1. The Bertz CT molecular complexity index is 2020. The predicted octanol–water partition coefficient (Wildman–Crippen LogP) is 5.95. The molecule has 0 radical (unpaired) electrons. The molecule has 408 valence electrons. The van der Waals surface area contributed by atoms with Gasteiger partial charge in [-0.2, -0.15) is 0 Å². The summed E-state index contributed by atoms with van der Waals surface area (Å²) in [6.45, 7) is 14.6. The molecule has 0 aromatic heterocycles. The number of hydrogen-bond donors (Lipinski definition) is 2. The predicted molar refractivity (Wildman–Crippen MR) is 278 cm³/mol. The Morgan fingerprint density at radius 2 is 1.47 bits per heavy atom. The first kappa shape index (κ1) is 62.2. The molecule has 5 amide bonds.